The molecule has 1 aromatic heterocycles. The molecule has 5 heteroatoms. The third-order valence-corrected chi connectivity index (χ3v) is 4.37. The lowest BCUT2D eigenvalue weighted by Crippen LogP contribution is -2.31. The average molecular weight is 365 g/mol. The van der Waals surface area contributed by atoms with Crippen molar-refractivity contribution in [3.05, 3.63) is 76.1 Å². The lowest BCUT2D eigenvalue weighted by Gasteiger charge is -2.14. The predicted molar refractivity (Wildman–Crippen MR) is 105 cm³/mol. The van der Waals surface area contributed by atoms with Crippen molar-refractivity contribution in [1.29, 1.82) is 0 Å². The Labute approximate surface area is 158 Å². The fraction of sp³-hybridized carbons (Fsp3) is 0.273. The molecular formula is C22H23NO4. The average Bonchev–Trinajstić information content (AvgIpc) is 2.67. The fourth-order valence-corrected chi connectivity index (χ4v) is 3.03. The van der Waals surface area contributed by atoms with E-state index in [4.69, 9.17) is 9.15 Å². The van der Waals surface area contributed by atoms with E-state index in [2.05, 4.69) is 12.2 Å². The van der Waals surface area contributed by atoms with Gasteiger partial charge in [-0.25, -0.2) is 4.79 Å². The van der Waals surface area contributed by atoms with Crippen LogP contribution < -0.4 is 15.7 Å². The Bertz CT molecular complexity index is 979. The standard InChI is InChI=1S/C22H23NO4/c1-3-7-17-12-22(25)27-20-13-18(10-11-19(17)20)26-14-21(24)23-15(2)16-8-5-4-6-9-16/h4-6,8-13,15H,3,7,14H2,1-2H3,(H,23,24). The van der Waals surface area contributed by atoms with Gasteiger partial charge in [0.05, 0.1) is 6.04 Å². The minimum atomic E-state index is -0.377. The first-order valence-corrected chi connectivity index (χ1v) is 9.10. The van der Waals surface area contributed by atoms with E-state index in [0.29, 0.717) is 11.3 Å². The molecule has 1 atom stereocenters. The number of ether oxygens (including phenoxy) is 1. The number of carbonyl (C=O) groups excluding carboxylic acids is 1. The largest absolute Gasteiger partial charge is 0.484 e. The van der Waals surface area contributed by atoms with E-state index >= 15 is 0 Å². The van der Waals surface area contributed by atoms with Crippen LogP contribution in [0.4, 0.5) is 0 Å². The minimum absolute atomic E-state index is 0.103. The van der Waals surface area contributed by atoms with Gasteiger partial charge in [-0.05, 0) is 36.6 Å². The molecule has 1 N–H and O–H groups in total. The number of fused-ring (bicyclic) bond motifs is 1. The number of rotatable bonds is 7. The zero-order chi connectivity index (χ0) is 19.2. The molecule has 3 rings (SSSR count). The highest BCUT2D eigenvalue weighted by atomic mass is 16.5. The third kappa shape index (κ3) is 4.76. The highest BCUT2D eigenvalue weighted by Gasteiger charge is 2.11. The molecule has 0 radical (unpaired) electrons. The monoisotopic (exact) mass is 365 g/mol. The van der Waals surface area contributed by atoms with Crippen molar-refractivity contribution in [2.24, 2.45) is 0 Å². The SMILES string of the molecule is CCCc1cc(=O)oc2cc(OCC(=O)NC(C)c3ccccc3)ccc12. The summed E-state index contributed by atoms with van der Waals surface area (Å²) in [5, 5.41) is 3.80. The molecular weight excluding hydrogens is 342 g/mol. The first-order valence-electron chi connectivity index (χ1n) is 9.10. The second-order valence-electron chi connectivity index (χ2n) is 6.49. The number of carbonyl (C=O) groups is 1. The number of benzene rings is 2. The zero-order valence-corrected chi connectivity index (χ0v) is 15.5. The summed E-state index contributed by atoms with van der Waals surface area (Å²) in [5.41, 5.74) is 2.09. The number of aryl methyl sites for hydroxylation is 1. The van der Waals surface area contributed by atoms with Gasteiger partial charge in [-0.2, -0.15) is 0 Å². The molecule has 0 saturated carbocycles. The van der Waals surface area contributed by atoms with E-state index in [1.54, 1.807) is 12.1 Å². The van der Waals surface area contributed by atoms with Crippen LogP contribution in [0.25, 0.3) is 11.0 Å². The molecule has 1 unspecified atom stereocenters. The van der Waals surface area contributed by atoms with E-state index in [1.807, 2.05) is 43.3 Å². The van der Waals surface area contributed by atoms with Gasteiger partial charge >= 0.3 is 5.63 Å². The second kappa shape index (κ2) is 8.54. The van der Waals surface area contributed by atoms with Gasteiger partial charge in [0.2, 0.25) is 0 Å². The Morgan fingerprint density at radius 3 is 2.67 bits per heavy atom. The van der Waals surface area contributed by atoms with Crippen LogP contribution in [-0.2, 0) is 11.2 Å². The van der Waals surface area contributed by atoms with Crippen LogP contribution in [0.5, 0.6) is 5.75 Å². The predicted octanol–water partition coefficient (Wildman–Crippen LogP) is 4.00. The third-order valence-electron chi connectivity index (χ3n) is 4.37. The van der Waals surface area contributed by atoms with E-state index < -0.39 is 0 Å². The highest BCUT2D eigenvalue weighted by molar-refractivity contribution is 5.82. The van der Waals surface area contributed by atoms with Gasteiger partial charge in [0, 0.05) is 17.5 Å². The lowest BCUT2D eigenvalue weighted by atomic mass is 10.1. The van der Waals surface area contributed by atoms with Crippen molar-refractivity contribution < 1.29 is 13.9 Å². The van der Waals surface area contributed by atoms with E-state index in [-0.39, 0.29) is 24.2 Å². The van der Waals surface area contributed by atoms with Crippen LogP contribution in [0.15, 0.2) is 63.8 Å². The van der Waals surface area contributed by atoms with Crippen molar-refractivity contribution in [2.75, 3.05) is 6.61 Å². The van der Waals surface area contributed by atoms with Gasteiger partial charge in [0.1, 0.15) is 11.3 Å². The summed E-state index contributed by atoms with van der Waals surface area (Å²) < 4.78 is 10.9. The van der Waals surface area contributed by atoms with Gasteiger partial charge in [0.25, 0.3) is 5.91 Å². The maximum absolute atomic E-state index is 12.1. The van der Waals surface area contributed by atoms with Crippen molar-refractivity contribution in [3.63, 3.8) is 0 Å². The van der Waals surface area contributed by atoms with Gasteiger partial charge in [-0.3, -0.25) is 4.79 Å². The summed E-state index contributed by atoms with van der Waals surface area (Å²) in [6.45, 7) is 3.88. The Kier molecular flexibility index (Phi) is 5.91. The summed E-state index contributed by atoms with van der Waals surface area (Å²) in [5.74, 6) is 0.273. The second-order valence-corrected chi connectivity index (χ2v) is 6.49. The van der Waals surface area contributed by atoms with Gasteiger partial charge in [0.15, 0.2) is 6.61 Å². The van der Waals surface area contributed by atoms with Crippen molar-refractivity contribution >= 4 is 16.9 Å². The normalized spacial score (nSPS) is 11.9. The molecule has 2 aromatic carbocycles. The molecule has 1 amide bonds. The molecule has 0 bridgehead atoms. The first-order chi connectivity index (χ1) is 13.1. The number of hydrogen-bond acceptors (Lipinski definition) is 4. The summed E-state index contributed by atoms with van der Waals surface area (Å²) >= 11 is 0. The highest BCUT2D eigenvalue weighted by Crippen LogP contribution is 2.23. The molecule has 5 nitrogen and oxygen atoms in total. The summed E-state index contributed by atoms with van der Waals surface area (Å²) in [6, 6.07) is 16.5. The Morgan fingerprint density at radius 1 is 1.15 bits per heavy atom. The molecule has 27 heavy (non-hydrogen) atoms. The van der Waals surface area contributed by atoms with Crippen LogP contribution in [0.2, 0.25) is 0 Å². The molecule has 0 saturated heterocycles. The number of hydrogen-bond donors (Lipinski definition) is 1. The maximum atomic E-state index is 12.1. The molecule has 0 spiro atoms. The van der Waals surface area contributed by atoms with E-state index in [9.17, 15) is 9.59 Å². The van der Waals surface area contributed by atoms with Crippen LogP contribution >= 0.6 is 0 Å². The smallest absolute Gasteiger partial charge is 0.336 e. The Morgan fingerprint density at radius 2 is 1.93 bits per heavy atom. The molecule has 0 aliphatic rings. The molecule has 0 fully saturated rings. The molecule has 140 valence electrons. The maximum Gasteiger partial charge on any atom is 0.336 e. The Hall–Kier alpha value is -3.08. The van der Waals surface area contributed by atoms with Crippen molar-refractivity contribution in [3.8, 4) is 5.75 Å². The van der Waals surface area contributed by atoms with Gasteiger partial charge in [-0.1, -0.05) is 43.7 Å². The fourth-order valence-electron chi connectivity index (χ4n) is 3.03. The van der Waals surface area contributed by atoms with E-state index in [0.717, 1.165) is 29.4 Å². The molecule has 1 heterocycles. The van der Waals surface area contributed by atoms with Crippen molar-refractivity contribution in [1.82, 2.24) is 5.32 Å². The lowest BCUT2D eigenvalue weighted by molar-refractivity contribution is -0.123. The van der Waals surface area contributed by atoms with Crippen LogP contribution in [-0.4, -0.2) is 12.5 Å². The zero-order valence-electron chi connectivity index (χ0n) is 15.5. The summed E-state index contributed by atoms with van der Waals surface area (Å²) in [4.78, 5) is 23.9. The van der Waals surface area contributed by atoms with Gasteiger partial charge < -0.3 is 14.5 Å². The minimum Gasteiger partial charge on any atom is -0.484 e. The molecule has 3 aromatic rings. The molecule has 0 aliphatic carbocycles. The Balaban J connectivity index is 1.66. The van der Waals surface area contributed by atoms with Gasteiger partial charge in [-0.15, -0.1) is 0 Å². The molecule has 0 aliphatic heterocycles. The summed E-state index contributed by atoms with van der Waals surface area (Å²) in [6.07, 6.45) is 1.75. The number of amides is 1. The van der Waals surface area contributed by atoms with E-state index in [1.165, 1.54) is 6.07 Å². The first kappa shape index (κ1) is 18.7. The van der Waals surface area contributed by atoms with Crippen LogP contribution in [0.1, 0.15) is 37.4 Å². The topological polar surface area (TPSA) is 68.5 Å². The van der Waals surface area contributed by atoms with Crippen molar-refractivity contribution in [2.45, 2.75) is 32.7 Å². The van der Waals surface area contributed by atoms with Crippen LogP contribution in [0.3, 0.4) is 0 Å². The number of nitrogens with one attached hydrogen (secondary N) is 1. The quantitative estimate of drug-likeness (QED) is 0.643. The summed E-state index contributed by atoms with van der Waals surface area (Å²) in [7, 11) is 0. The van der Waals surface area contributed by atoms with Crippen LogP contribution in [0, 0.1) is 0 Å².